The lowest BCUT2D eigenvalue weighted by Crippen LogP contribution is -2.11. The number of hydrogen-bond donors (Lipinski definition) is 1. The van der Waals surface area contributed by atoms with E-state index in [-0.39, 0.29) is 16.6 Å². The summed E-state index contributed by atoms with van der Waals surface area (Å²) < 4.78 is 15.5. The summed E-state index contributed by atoms with van der Waals surface area (Å²) in [4.78, 5) is 13.8. The average Bonchev–Trinajstić information content (AvgIpc) is 3.47. The molecule has 0 spiro atoms. The Morgan fingerprint density at radius 3 is 2.64 bits per heavy atom. The third-order valence-electron chi connectivity index (χ3n) is 5.83. The molecule has 5 rings (SSSR count). The number of Topliss-reactive ketones (excluding diaryl/α,β-unsaturated/α-hetero) is 1. The molecule has 0 unspecified atom stereocenters. The Morgan fingerprint density at radius 2 is 1.91 bits per heavy atom. The summed E-state index contributed by atoms with van der Waals surface area (Å²) in [6.07, 6.45) is 2.66. The van der Waals surface area contributed by atoms with Crippen LogP contribution in [0, 0.1) is 18.2 Å². The number of halogens is 1. The summed E-state index contributed by atoms with van der Waals surface area (Å²) in [6.45, 7) is 4.62. The average molecular weight is 477 g/mol. The van der Waals surface area contributed by atoms with Crippen LogP contribution in [0.3, 0.4) is 0 Å². The van der Waals surface area contributed by atoms with Crippen molar-refractivity contribution in [2.24, 2.45) is 0 Å². The van der Waals surface area contributed by atoms with E-state index in [2.05, 4.69) is 20.8 Å². The fourth-order valence-electron chi connectivity index (χ4n) is 4.09. The SMILES string of the molecule is CCc1nnc([C@@H]2C(=N)S/C(=C\c3c(C)n(Cc4ccc(F)cc4)c4ccccc34)C2=O)s1. The first-order valence-electron chi connectivity index (χ1n) is 10.6. The molecular formula is C25H21FN4OS2. The van der Waals surface area contributed by atoms with Gasteiger partial charge in [0.1, 0.15) is 21.8 Å². The Bertz CT molecular complexity index is 1420. The van der Waals surface area contributed by atoms with Crippen LogP contribution in [0.5, 0.6) is 0 Å². The number of para-hydroxylation sites is 1. The topological polar surface area (TPSA) is 71.6 Å². The number of thioether (sulfide) groups is 1. The molecule has 166 valence electrons. The highest BCUT2D eigenvalue weighted by Crippen LogP contribution is 2.42. The normalized spacial score (nSPS) is 17.5. The van der Waals surface area contributed by atoms with E-state index in [4.69, 9.17) is 5.41 Å². The lowest BCUT2D eigenvalue weighted by atomic mass is 10.0. The first-order valence-corrected chi connectivity index (χ1v) is 12.3. The van der Waals surface area contributed by atoms with Gasteiger partial charge in [0.25, 0.3) is 0 Å². The maximum Gasteiger partial charge on any atom is 0.186 e. The summed E-state index contributed by atoms with van der Waals surface area (Å²) in [7, 11) is 0. The smallest absolute Gasteiger partial charge is 0.186 e. The summed E-state index contributed by atoms with van der Waals surface area (Å²) in [5, 5.41) is 19.5. The van der Waals surface area contributed by atoms with Crippen molar-refractivity contribution < 1.29 is 9.18 Å². The molecule has 8 heteroatoms. The zero-order valence-corrected chi connectivity index (χ0v) is 19.8. The maximum atomic E-state index is 13.4. The number of carbonyl (C=O) groups excluding carboxylic acids is 1. The first-order chi connectivity index (χ1) is 16.0. The van der Waals surface area contributed by atoms with Gasteiger partial charge in [0.2, 0.25) is 0 Å². The van der Waals surface area contributed by atoms with Crippen molar-refractivity contribution in [2.75, 3.05) is 0 Å². The zero-order valence-electron chi connectivity index (χ0n) is 18.1. The van der Waals surface area contributed by atoms with Gasteiger partial charge in [-0.25, -0.2) is 4.39 Å². The summed E-state index contributed by atoms with van der Waals surface area (Å²) in [6, 6.07) is 14.6. The monoisotopic (exact) mass is 476 g/mol. The third-order valence-corrected chi connectivity index (χ3v) is 7.96. The van der Waals surface area contributed by atoms with Crippen molar-refractivity contribution in [3.63, 3.8) is 0 Å². The Labute approximate surface area is 198 Å². The van der Waals surface area contributed by atoms with Crippen molar-refractivity contribution in [1.82, 2.24) is 14.8 Å². The van der Waals surface area contributed by atoms with E-state index in [9.17, 15) is 9.18 Å². The van der Waals surface area contributed by atoms with Crippen LogP contribution in [0.1, 0.15) is 39.7 Å². The Kier molecular flexibility index (Phi) is 5.72. The molecule has 1 atom stereocenters. The van der Waals surface area contributed by atoms with Gasteiger partial charge in [0, 0.05) is 28.7 Å². The number of nitrogens with one attached hydrogen (secondary N) is 1. The number of hydrogen-bond acceptors (Lipinski definition) is 6. The summed E-state index contributed by atoms with van der Waals surface area (Å²) in [5.41, 5.74) is 4.02. The lowest BCUT2D eigenvalue weighted by Gasteiger charge is -2.09. The second-order valence-corrected chi connectivity index (χ2v) is 10.1. The van der Waals surface area contributed by atoms with Crippen molar-refractivity contribution >= 4 is 50.9 Å². The van der Waals surface area contributed by atoms with E-state index in [1.807, 2.05) is 38.1 Å². The van der Waals surface area contributed by atoms with E-state index < -0.39 is 5.92 Å². The fraction of sp³-hybridized carbons (Fsp3) is 0.200. The fourth-order valence-corrected chi connectivity index (χ4v) is 6.02. The number of carbonyl (C=O) groups is 1. The molecule has 1 fully saturated rings. The van der Waals surface area contributed by atoms with Crippen molar-refractivity contribution in [3.8, 4) is 0 Å². The van der Waals surface area contributed by atoms with Crippen molar-refractivity contribution in [1.29, 1.82) is 5.41 Å². The van der Waals surface area contributed by atoms with Gasteiger partial charge in [-0.05, 0) is 43.2 Å². The van der Waals surface area contributed by atoms with E-state index in [1.165, 1.54) is 35.2 Å². The van der Waals surface area contributed by atoms with Crippen molar-refractivity contribution in [3.05, 3.63) is 86.1 Å². The van der Waals surface area contributed by atoms with E-state index in [0.29, 0.717) is 16.5 Å². The number of ketones is 1. The zero-order chi connectivity index (χ0) is 23.1. The van der Waals surface area contributed by atoms with Crippen LogP contribution in [0.2, 0.25) is 0 Å². The molecule has 0 aliphatic carbocycles. The molecule has 0 amide bonds. The molecule has 2 aromatic heterocycles. The third kappa shape index (κ3) is 3.94. The summed E-state index contributed by atoms with van der Waals surface area (Å²) >= 11 is 2.61. The Morgan fingerprint density at radius 1 is 1.15 bits per heavy atom. The van der Waals surface area contributed by atoms with Crippen LogP contribution in [0.25, 0.3) is 17.0 Å². The van der Waals surface area contributed by atoms with E-state index >= 15 is 0 Å². The molecule has 1 aliphatic heterocycles. The molecule has 4 aromatic rings. The number of aryl methyl sites for hydroxylation is 1. The van der Waals surface area contributed by atoms with Crippen LogP contribution in [0.15, 0.2) is 53.4 Å². The molecule has 2 aromatic carbocycles. The molecule has 0 radical (unpaired) electrons. The molecule has 5 nitrogen and oxygen atoms in total. The Hall–Kier alpha value is -3.10. The predicted molar refractivity (Wildman–Crippen MR) is 133 cm³/mol. The van der Waals surface area contributed by atoms with Gasteiger partial charge in [-0.1, -0.05) is 49.0 Å². The second kappa shape index (κ2) is 8.68. The van der Waals surface area contributed by atoms with Gasteiger partial charge in [-0.2, -0.15) is 0 Å². The molecule has 1 aliphatic rings. The number of allylic oxidation sites excluding steroid dienone is 1. The van der Waals surface area contributed by atoms with Crippen LogP contribution < -0.4 is 0 Å². The molecule has 33 heavy (non-hydrogen) atoms. The van der Waals surface area contributed by atoms with Crippen LogP contribution >= 0.6 is 23.1 Å². The molecular weight excluding hydrogens is 455 g/mol. The van der Waals surface area contributed by atoms with Crippen LogP contribution in [0.4, 0.5) is 4.39 Å². The second-order valence-electron chi connectivity index (χ2n) is 7.89. The highest BCUT2D eigenvalue weighted by Gasteiger charge is 2.39. The molecule has 0 saturated carbocycles. The maximum absolute atomic E-state index is 13.4. The number of nitrogens with zero attached hydrogens (tertiary/aromatic N) is 3. The number of aromatic nitrogens is 3. The Balaban J connectivity index is 1.55. The van der Waals surface area contributed by atoms with Gasteiger partial charge in [-0.15, -0.1) is 21.5 Å². The predicted octanol–water partition coefficient (Wildman–Crippen LogP) is 5.97. The van der Waals surface area contributed by atoms with Gasteiger partial charge < -0.3 is 4.57 Å². The largest absolute Gasteiger partial charge is 0.340 e. The van der Waals surface area contributed by atoms with Gasteiger partial charge >= 0.3 is 0 Å². The van der Waals surface area contributed by atoms with Gasteiger partial charge in [-0.3, -0.25) is 10.2 Å². The number of benzene rings is 2. The minimum absolute atomic E-state index is 0.0985. The molecule has 0 bridgehead atoms. The number of rotatable bonds is 5. The minimum Gasteiger partial charge on any atom is -0.340 e. The first kappa shape index (κ1) is 21.7. The van der Waals surface area contributed by atoms with Crippen LogP contribution in [-0.4, -0.2) is 25.6 Å². The van der Waals surface area contributed by atoms with E-state index in [1.54, 1.807) is 12.1 Å². The number of fused-ring (bicyclic) bond motifs is 1. The highest BCUT2D eigenvalue weighted by molar-refractivity contribution is 8.19. The standard InChI is InChI=1S/C25H21FN4OS2/c1-3-21-28-29-25(33-21)22-23(31)20(32-24(22)27)12-18-14(2)30(19-7-5-4-6-17(18)19)13-15-8-10-16(26)11-9-15/h4-12,22,27H,3,13H2,1-2H3/b20-12-,27-24?/t22-/m0/s1. The molecule has 3 heterocycles. The van der Waals surface area contributed by atoms with E-state index in [0.717, 1.165) is 39.2 Å². The van der Waals surface area contributed by atoms with Gasteiger partial charge in [0.05, 0.1) is 9.95 Å². The minimum atomic E-state index is -0.660. The van der Waals surface area contributed by atoms with Gasteiger partial charge in [0.15, 0.2) is 5.78 Å². The lowest BCUT2D eigenvalue weighted by molar-refractivity contribution is -0.114. The van der Waals surface area contributed by atoms with Crippen molar-refractivity contribution in [2.45, 2.75) is 32.7 Å². The molecule has 1 N–H and O–H groups in total. The van der Waals surface area contributed by atoms with Crippen LogP contribution in [-0.2, 0) is 17.8 Å². The highest BCUT2D eigenvalue weighted by atomic mass is 32.2. The quantitative estimate of drug-likeness (QED) is 0.360. The molecule has 1 saturated heterocycles. The summed E-state index contributed by atoms with van der Waals surface area (Å²) in [5.74, 6) is -1.01.